The minimum atomic E-state index is -0.333. The van der Waals surface area contributed by atoms with Crippen molar-refractivity contribution in [2.45, 2.75) is 6.54 Å². The summed E-state index contributed by atoms with van der Waals surface area (Å²) in [5.74, 6) is -0.333. The molecule has 16 heavy (non-hydrogen) atoms. The van der Waals surface area contributed by atoms with Crippen LogP contribution in [0, 0.1) is 5.82 Å². The van der Waals surface area contributed by atoms with Gasteiger partial charge in [-0.15, -0.1) is 11.3 Å². The van der Waals surface area contributed by atoms with Crippen LogP contribution in [0.3, 0.4) is 0 Å². The lowest BCUT2D eigenvalue weighted by Crippen LogP contribution is -2.00. The minimum absolute atomic E-state index is 0.333. The predicted octanol–water partition coefficient (Wildman–Crippen LogP) is 4.92. The number of nitrogens with one attached hydrogen (secondary N) is 1. The lowest BCUT2D eigenvalue weighted by Gasteiger charge is -2.08. The molecule has 0 saturated heterocycles. The molecule has 0 saturated carbocycles. The molecule has 0 aliphatic rings. The molecule has 1 aromatic carbocycles. The Balaban J connectivity index is 2.14. The van der Waals surface area contributed by atoms with Crippen molar-refractivity contribution in [2.24, 2.45) is 0 Å². The van der Waals surface area contributed by atoms with E-state index < -0.39 is 0 Å². The van der Waals surface area contributed by atoms with Gasteiger partial charge in [-0.1, -0.05) is 17.7 Å². The molecule has 0 spiro atoms. The third kappa shape index (κ3) is 2.56. The van der Waals surface area contributed by atoms with Crippen molar-refractivity contribution >= 4 is 44.6 Å². The van der Waals surface area contributed by atoms with E-state index in [1.807, 2.05) is 11.4 Å². The Kier molecular flexibility index (Phi) is 3.84. The average Bonchev–Trinajstić information content (AvgIpc) is 2.64. The van der Waals surface area contributed by atoms with Crippen molar-refractivity contribution in [2.75, 3.05) is 5.32 Å². The van der Waals surface area contributed by atoms with Crippen LogP contribution in [0.4, 0.5) is 10.1 Å². The third-order valence-electron chi connectivity index (χ3n) is 2.08. The fraction of sp³-hybridized carbons (Fsp3) is 0.0909. The van der Waals surface area contributed by atoms with Crippen LogP contribution in [0.2, 0.25) is 5.02 Å². The van der Waals surface area contributed by atoms with Gasteiger partial charge in [0, 0.05) is 9.35 Å². The van der Waals surface area contributed by atoms with Crippen LogP contribution < -0.4 is 5.32 Å². The van der Waals surface area contributed by atoms with Gasteiger partial charge in [-0.3, -0.25) is 0 Å². The van der Waals surface area contributed by atoms with E-state index in [0.717, 1.165) is 9.35 Å². The number of benzene rings is 1. The molecule has 1 nitrogen and oxygen atoms in total. The summed E-state index contributed by atoms with van der Waals surface area (Å²) in [7, 11) is 0. The largest absolute Gasteiger partial charge is 0.377 e. The highest BCUT2D eigenvalue weighted by Crippen LogP contribution is 2.28. The summed E-state index contributed by atoms with van der Waals surface area (Å²) in [4.78, 5) is 1.11. The zero-order valence-electron chi connectivity index (χ0n) is 8.14. The van der Waals surface area contributed by atoms with Crippen molar-refractivity contribution in [3.8, 4) is 0 Å². The van der Waals surface area contributed by atoms with E-state index in [1.165, 1.54) is 6.07 Å². The van der Waals surface area contributed by atoms with Gasteiger partial charge in [0.05, 0.1) is 17.3 Å². The minimum Gasteiger partial charge on any atom is -0.377 e. The molecule has 1 aromatic heterocycles. The average molecular weight is 321 g/mol. The molecule has 1 N–H and O–H groups in total. The lowest BCUT2D eigenvalue weighted by molar-refractivity contribution is 0.630. The number of hydrogen-bond acceptors (Lipinski definition) is 2. The highest BCUT2D eigenvalue weighted by molar-refractivity contribution is 9.10. The maximum atomic E-state index is 13.4. The molecule has 0 bridgehead atoms. The zero-order valence-corrected chi connectivity index (χ0v) is 11.3. The first-order valence-corrected chi connectivity index (χ1v) is 6.63. The molecule has 0 aliphatic heterocycles. The summed E-state index contributed by atoms with van der Waals surface area (Å²) in [5, 5.41) is 5.37. The van der Waals surface area contributed by atoms with Crippen LogP contribution in [-0.2, 0) is 6.54 Å². The fourth-order valence-electron chi connectivity index (χ4n) is 1.29. The Bertz CT molecular complexity index is 480. The summed E-state index contributed by atoms with van der Waals surface area (Å²) in [6.07, 6.45) is 0. The highest BCUT2D eigenvalue weighted by Gasteiger charge is 2.07. The molecule has 84 valence electrons. The number of thiophene rings is 1. The van der Waals surface area contributed by atoms with Crippen molar-refractivity contribution in [1.82, 2.24) is 0 Å². The molecule has 2 aromatic rings. The van der Waals surface area contributed by atoms with Crippen molar-refractivity contribution in [1.29, 1.82) is 0 Å². The van der Waals surface area contributed by atoms with E-state index >= 15 is 0 Å². The van der Waals surface area contributed by atoms with Crippen molar-refractivity contribution in [3.05, 3.63) is 49.8 Å². The maximum absolute atomic E-state index is 13.4. The van der Waals surface area contributed by atoms with Crippen LogP contribution in [0.1, 0.15) is 4.88 Å². The highest BCUT2D eigenvalue weighted by atomic mass is 79.9. The standard InChI is InChI=1S/C11H8BrClFNS/c12-7-4-5-16-10(7)6-15-11-8(13)2-1-3-9(11)14/h1-5,15H,6H2. The molecule has 0 amide bonds. The van der Waals surface area contributed by atoms with E-state index in [-0.39, 0.29) is 5.82 Å². The summed E-state index contributed by atoms with van der Waals surface area (Å²) in [6.45, 7) is 0.554. The molecule has 0 aliphatic carbocycles. The predicted molar refractivity (Wildman–Crippen MR) is 70.8 cm³/mol. The van der Waals surface area contributed by atoms with Gasteiger partial charge in [-0.2, -0.15) is 0 Å². The van der Waals surface area contributed by atoms with Crippen molar-refractivity contribution < 1.29 is 4.39 Å². The van der Waals surface area contributed by atoms with E-state index in [1.54, 1.807) is 23.5 Å². The third-order valence-corrected chi connectivity index (χ3v) is 4.32. The Morgan fingerprint density at radius 1 is 1.38 bits per heavy atom. The summed E-state index contributed by atoms with van der Waals surface area (Å²) < 4.78 is 14.4. The SMILES string of the molecule is Fc1cccc(Cl)c1NCc1sccc1Br. The molecule has 0 radical (unpaired) electrons. The molecule has 2 rings (SSSR count). The van der Waals surface area contributed by atoms with E-state index in [9.17, 15) is 4.39 Å². The Morgan fingerprint density at radius 3 is 2.81 bits per heavy atom. The van der Waals surface area contributed by atoms with E-state index in [4.69, 9.17) is 11.6 Å². The van der Waals surface area contributed by atoms with Gasteiger partial charge in [0.15, 0.2) is 0 Å². The van der Waals surface area contributed by atoms with Gasteiger partial charge in [0.1, 0.15) is 5.82 Å². The quantitative estimate of drug-likeness (QED) is 0.847. The smallest absolute Gasteiger partial charge is 0.147 e. The van der Waals surface area contributed by atoms with E-state index in [0.29, 0.717) is 17.3 Å². The monoisotopic (exact) mass is 319 g/mol. The second-order valence-corrected chi connectivity index (χ2v) is 5.40. The van der Waals surface area contributed by atoms with Gasteiger partial charge < -0.3 is 5.32 Å². The first-order valence-electron chi connectivity index (χ1n) is 4.58. The Morgan fingerprint density at radius 2 is 2.19 bits per heavy atom. The Labute approximate surface area is 110 Å². The second-order valence-electron chi connectivity index (χ2n) is 3.14. The number of halogens is 3. The van der Waals surface area contributed by atoms with Crippen LogP contribution >= 0.6 is 38.9 Å². The maximum Gasteiger partial charge on any atom is 0.147 e. The zero-order chi connectivity index (χ0) is 11.5. The van der Waals surface area contributed by atoms with Gasteiger partial charge in [0.25, 0.3) is 0 Å². The first-order chi connectivity index (χ1) is 7.68. The first kappa shape index (κ1) is 11.9. The van der Waals surface area contributed by atoms with Gasteiger partial charge in [-0.05, 0) is 39.5 Å². The molecule has 1 heterocycles. The normalized spacial score (nSPS) is 10.4. The molecule has 5 heteroatoms. The Hall–Kier alpha value is -0.580. The molecular weight excluding hydrogens is 313 g/mol. The molecular formula is C11H8BrClFNS. The number of hydrogen-bond donors (Lipinski definition) is 1. The molecule has 0 atom stereocenters. The second kappa shape index (κ2) is 5.17. The summed E-state index contributed by atoms with van der Waals surface area (Å²) in [5.41, 5.74) is 0.351. The van der Waals surface area contributed by atoms with E-state index in [2.05, 4.69) is 21.2 Å². The lowest BCUT2D eigenvalue weighted by atomic mass is 10.3. The number of rotatable bonds is 3. The summed E-state index contributed by atoms with van der Waals surface area (Å²) >= 11 is 10.9. The van der Waals surface area contributed by atoms with Crippen LogP contribution in [0.5, 0.6) is 0 Å². The van der Waals surface area contributed by atoms with Gasteiger partial charge in [-0.25, -0.2) is 4.39 Å². The van der Waals surface area contributed by atoms with Gasteiger partial charge >= 0.3 is 0 Å². The fourth-order valence-corrected chi connectivity index (χ4v) is 2.95. The van der Waals surface area contributed by atoms with Crippen LogP contribution in [0.25, 0.3) is 0 Å². The van der Waals surface area contributed by atoms with Crippen LogP contribution in [0.15, 0.2) is 34.1 Å². The molecule has 0 unspecified atom stereocenters. The summed E-state index contributed by atoms with van der Waals surface area (Å²) in [6, 6.07) is 6.60. The molecule has 0 fully saturated rings. The van der Waals surface area contributed by atoms with Gasteiger partial charge in [0.2, 0.25) is 0 Å². The number of anilines is 1. The topological polar surface area (TPSA) is 12.0 Å². The van der Waals surface area contributed by atoms with Crippen molar-refractivity contribution in [3.63, 3.8) is 0 Å². The number of para-hydroxylation sites is 1. The van der Waals surface area contributed by atoms with Crippen LogP contribution in [-0.4, -0.2) is 0 Å².